The smallest absolute Gasteiger partial charge is 0.203 e. The maximum absolute atomic E-state index is 13.2. The molecule has 3 aromatic carbocycles. The number of para-hydroxylation sites is 2. The molecule has 0 saturated carbocycles. The molecule has 7 nitrogen and oxygen atoms in total. The highest BCUT2D eigenvalue weighted by Crippen LogP contribution is 2.39. The number of ether oxygens (including phenoxy) is 4. The molecular weight excluding hydrogens is 456 g/mol. The average Bonchev–Trinajstić information content (AvgIpc) is 3.26. The Bertz CT molecular complexity index is 1380. The third kappa shape index (κ3) is 4.68. The average molecular weight is 485 g/mol. The Labute approximate surface area is 210 Å². The number of rotatable bonds is 9. The van der Waals surface area contributed by atoms with Crippen LogP contribution >= 0.6 is 0 Å². The van der Waals surface area contributed by atoms with Gasteiger partial charge < -0.3 is 18.9 Å². The first kappa shape index (κ1) is 24.6. The molecule has 0 aliphatic heterocycles. The molecule has 1 heterocycles. The van der Waals surface area contributed by atoms with Gasteiger partial charge in [0, 0.05) is 16.7 Å². The summed E-state index contributed by atoms with van der Waals surface area (Å²) in [6, 6.07) is 20.9. The zero-order chi connectivity index (χ0) is 25.7. The topological polar surface area (TPSA) is 71.8 Å². The molecule has 0 spiro atoms. The minimum Gasteiger partial charge on any atom is -0.496 e. The molecule has 36 heavy (non-hydrogen) atoms. The van der Waals surface area contributed by atoms with Crippen molar-refractivity contribution in [2.45, 2.75) is 6.92 Å². The van der Waals surface area contributed by atoms with Gasteiger partial charge in [-0.1, -0.05) is 30.3 Å². The van der Waals surface area contributed by atoms with Crippen molar-refractivity contribution in [1.82, 2.24) is 9.78 Å². The van der Waals surface area contributed by atoms with E-state index in [2.05, 4.69) is 0 Å². The maximum Gasteiger partial charge on any atom is 0.203 e. The molecular formula is C29H28N2O5. The second-order valence-corrected chi connectivity index (χ2v) is 7.91. The molecule has 184 valence electrons. The van der Waals surface area contributed by atoms with Crippen molar-refractivity contribution in [3.63, 3.8) is 0 Å². The lowest BCUT2D eigenvalue weighted by molar-refractivity contribution is 0.104. The van der Waals surface area contributed by atoms with E-state index in [0.29, 0.717) is 28.6 Å². The molecule has 7 heteroatoms. The van der Waals surface area contributed by atoms with Gasteiger partial charge in [-0.15, -0.1) is 0 Å². The first-order valence-corrected chi connectivity index (χ1v) is 11.3. The number of hydrogen-bond acceptors (Lipinski definition) is 6. The number of carbonyl (C=O) groups excluding carboxylic acids is 1. The van der Waals surface area contributed by atoms with E-state index in [1.165, 1.54) is 27.4 Å². The second kappa shape index (κ2) is 10.8. The highest BCUT2D eigenvalue weighted by atomic mass is 16.5. The van der Waals surface area contributed by atoms with E-state index in [1.54, 1.807) is 25.3 Å². The predicted octanol–water partition coefficient (Wildman–Crippen LogP) is 5.78. The van der Waals surface area contributed by atoms with Gasteiger partial charge in [0.2, 0.25) is 5.75 Å². The van der Waals surface area contributed by atoms with Crippen molar-refractivity contribution in [3.8, 4) is 39.9 Å². The zero-order valence-corrected chi connectivity index (χ0v) is 20.9. The Hall–Kier alpha value is -4.52. The van der Waals surface area contributed by atoms with Gasteiger partial charge in [-0.05, 0) is 55.5 Å². The van der Waals surface area contributed by atoms with Crippen molar-refractivity contribution >= 4 is 11.9 Å². The zero-order valence-electron chi connectivity index (χ0n) is 20.9. The van der Waals surface area contributed by atoms with Crippen molar-refractivity contribution in [2.24, 2.45) is 0 Å². The lowest BCUT2D eigenvalue weighted by Gasteiger charge is -2.13. The summed E-state index contributed by atoms with van der Waals surface area (Å²) in [7, 11) is 6.19. The van der Waals surface area contributed by atoms with E-state index < -0.39 is 0 Å². The van der Waals surface area contributed by atoms with Gasteiger partial charge in [0.1, 0.15) is 5.75 Å². The van der Waals surface area contributed by atoms with Crippen LogP contribution in [0.5, 0.6) is 23.0 Å². The van der Waals surface area contributed by atoms with E-state index in [1.807, 2.05) is 66.2 Å². The number of methoxy groups -OCH3 is 4. The molecule has 0 atom stereocenters. The number of aromatic nitrogens is 2. The van der Waals surface area contributed by atoms with E-state index >= 15 is 0 Å². The molecule has 1 aromatic heterocycles. The number of nitrogens with zero attached hydrogens (tertiary/aromatic N) is 2. The third-order valence-corrected chi connectivity index (χ3v) is 5.82. The Morgan fingerprint density at radius 3 is 2.03 bits per heavy atom. The van der Waals surface area contributed by atoms with Crippen LogP contribution in [0.3, 0.4) is 0 Å². The Morgan fingerprint density at radius 1 is 0.806 bits per heavy atom. The van der Waals surface area contributed by atoms with Gasteiger partial charge in [0.25, 0.3) is 0 Å². The van der Waals surface area contributed by atoms with Gasteiger partial charge >= 0.3 is 0 Å². The third-order valence-electron chi connectivity index (χ3n) is 5.82. The van der Waals surface area contributed by atoms with Crippen LogP contribution in [0.25, 0.3) is 23.0 Å². The minimum absolute atomic E-state index is 0.216. The van der Waals surface area contributed by atoms with E-state index in [9.17, 15) is 4.79 Å². The number of benzene rings is 3. The van der Waals surface area contributed by atoms with Crippen molar-refractivity contribution in [1.29, 1.82) is 0 Å². The maximum atomic E-state index is 13.2. The summed E-state index contributed by atoms with van der Waals surface area (Å²) in [6.45, 7) is 1.92. The van der Waals surface area contributed by atoms with Gasteiger partial charge in [-0.3, -0.25) is 4.79 Å². The summed E-state index contributed by atoms with van der Waals surface area (Å²) < 4.78 is 23.7. The summed E-state index contributed by atoms with van der Waals surface area (Å²) in [6.07, 6.45) is 3.31. The summed E-state index contributed by atoms with van der Waals surface area (Å²) in [5.41, 5.74) is 4.58. The summed E-state index contributed by atoms with van der Waals surface area (Å²) in [4.78, 5) is 13.2. The van der Waals surface area contributed by atoms with Gasteiger partial charge in [0.15, 0.2) is 17.3 Å². The normalized spacial score (nSPS) is 10.9. The van der Waals surface area contributed by atoms with Crippen LogP contribution in [0.4, 0.5) is 0 Å². The molecule has 0 fully saturated rings. The molecule has 0 radical (unpaired) electrons. The fourth-order valence-electron chi connectivity index (χ4n) is 4.07. The minimum atomic E-state index is -0.216. The van der Waals surface area contributed by atoms with Crippen molar-refractivity contribution < 1.29 is 23.7 Å². The Kier molecular flexibility index (Phi) is 7.39. The van der Waals surface area contributed by atoms with E-state index in [0.717, 1.165) is 28.2 Å². The van der Waals surface area contributed by atoms with Crippen LogP contribution in [-0.2, 0) is 0 Å². The molecule has 0 amide bonds. The second-order valence-electron chi connectivity index (χ2n) is 7.91. The summed E-state index contributed by atoms with van der Waals surface area (Å²) in [5.74, 6) is 1.75. The van der Waals surface area contributed by atoms with E-state index in [4.69, 9.17) is 24.0 Å². The lowest BCUT2D eigenvalue weighted by atomic mass is 10.0. The van der Waals surface area contributed by atoms with Gasteiger partial charge in [0.05, 0.1) is 45.5 Å². The molecule has 0 N–H and O–H groups in total. The fourth-order valence-corrected chi connectivity index (χ4v) is 4.07. The predicted molar refractivity (Wildman–Crippen MR) is 140 cm³/mol. The van der Waals surface area contributed by atoms with Crippen molar-refractivity contribution in [2.75, 3.05) is 28.4 Å². The molecule has 4 rings (SSSR count). The van der Waals surface area contributed by atoms with Crippen molar-refractivity contribution in [3.05, 3.63) is 89.6 Å². The number of carbonyl (C=O) groups is 1. The molecule has 0 bridgehead atoms. The number of allylic oxidation sites excluding steroid dienone is 1. The molecule has 0 saturated heterocycles. The highest BCUT2D eigenvalue weighted by molar-refractivity contribution is 6.08. The van der Waals surface area contributed by atoms with Crippen LogP contribution in [-0.4, -0.2) is 44.0 Å². The Morgan fingerprint density at radius 2 is 1.42 bits per heavy atom. The number of ketones is 1. The SMILES string of the molecule is COc1ccccc1-c1c(/C=C/C(=O)c2cc(OC)c(OC)c(OC)c2)c(C)nn1-c1ccccc1. The van der Waals surface area contributed by atoms with Crippen LogP contribution in [0, 0.1) is 6.92 Å². The monoisotopic (exact) mass is 484 g/mol. The summed E-state index contributed by atoms with van der Waals surface area (Å²) in [5, 5.41) is 4.80. The van der Waals surface area contributed by atoms with Gasteiger partial charge in [-0.25, -0.2) is 4.68 Å². The largest absolute Gasteiger partial charge is 0.496 e. The first-order valence-electron chi connectivity index (χ1n) is 11.3. The quantitative estimate of drug-likeness (QED) is 0.222. The van der Waals surface area contributed by atoms with Crippen LogP contribution in [0.2, 0.25) is 0 Å². The number of hydrogen-bond donors (Lipinski definition) is 0. The standard InChI is InChI=1S/C29H28N2O5/c1-19-22(15-16-24(32)20-17-26(34-3)29(36-5)27(18-20)35-4)28(23-13-9-10-14-25(23)33-2)31(30-19)21-11-7-6-8-12-21/h6-18H,1-5H3/b16-15+. The van der Waals surface area contributed by atoms with Crippen LogP contribution in [0.1, 0.15) is 21.6 Å². The van der Waals surface area contributed by atoms with Gasteiger partial charge in [-0.2, -0.15) is 5.10 Å². The van der Waals surface area contributed by atoms with E-state index in [-0.39, 0.29) is 5.78 Å². The first-order chi connectivity index (χ1) is 17.5. The Balaban J connectivity index is 1.83. The molecule has 4 aromatic rings. The lowest BCUT2D eigenvalue weighted by Crippen LogP contribution is -2.01. The molecule has 0 aliphatic carbocycles. The van der Waals surface area contributed by atoms with Crippen LogP contribution in [0.15, 0.2) is 72.8 Å². The van der Waals surface area contributed by atoms with Crippen LogP contribution < -0.4 is 18.9 Å². The highest BCUT2D eigenvalue weighted by Gasteiger charge is 2.20. The molecule has 0 unspecified atom stereocenters. The summed E-state index contributed by atoms with van der Waals surface area (Å²) >= 11 is 0. The number of aryl methyl sites for hydroxylation is 1. The molecule has 0 aliphatic rings. The fraction of sp³-hybridized carbons (Fsp3) is 0.172.